The first-order valence-corrected chi connectivity index (χ1v) is 18.3. The largest absolute Gasteiger partial charge is 0.392 e. The molecule has 9 heteroatoms. The molecule has 52 heavy (non-hydrogen) atoms. The lowest BCUT2D eigenvalue weighted by Crippen LogP contribution is -2.43. The molecule has 4 aromatic rings. The molecule has 1 heterocycles. The third-order valence-electron chi connectivity index (χ3n) is 9.76. The van der Waals surface area contributed by atoms with Crippen LogP contribution >= 0.6 is 0 Å². The number of carbonyl (C=O) groups is 2. The molecular weight excluding hydrogens is 654 g/mol. The van der Waals surface area contributed by atoms with E-state index in [1.807, 2.05) is 92.8 Å². The molecule has 0 aliphatic carbocycles. The van der Waals surface area contributed by atoms with E-state index >= 15 is 0 Å². The van der Waals surface area contributed by atoms with Gasteiger partial charge in [0.15, 0.2) is 6.29 Å². The topological polar surface area (TPSA) is 120 Å². The lowest BCUT2D eigenvalue weighted by atomic mass is 9.97. The van der Waals surface area contributed by atoms with Gasteiger partial charge in [-0.25, -0.2) is 0 Å². The van der Waals surface area contributed by atoms with E-state index in [0.29, 0.717) is 32.5 Å². The van der Waals surface area contributed by atoms with Crippen molar-refractivity contribution in [3.63, 3.8) is 0 Å². The summed E-state index contributed by atoms with van der Waals surface area (Å²) in [7, 11) is 2.02. The highest BCUT2D eigenvalue weighted by molar-refractivity contribution is 5.76. The molecule has 276 valence electrons. The predicted octanol–water partition coefficient (Wildman–Crippen LogP) is 6.76. The molecule has 0 radical (unpaired) electrons. The molecular formula is C43H53N3O6. The minimum atomic E-state index is -0.642. The number of nitrogens with zero attached hydrogens (tertiary/aromatic N) is 1. The number of amides is 2. The Morgan fingerprint density at radius 1 is 0.827 bits per heavy atom. The number of ether oxygens (including phenoxy) is 2. The van der Waals surface area contributed by atoms with Crippen LogP contribution in [0, 0.1) is 0 Å². The number of hydrogen-bond acceptors (Lipinski definition) is 7. The number of rotatable bonds is 17. The number of carbonyl (C=O) groups excluding carboxylic acids is 2. The van der Waals surface area contributed by atoms with Gasteiger partial charge in [0.2, 0.25) is 11.8 Å². The summed E-state index contributed by atoms with van der Waals surface area (Å²) in [5.41, 5.74) is 6.69. The Hall–Kier alpha value is -4.38. The van der Waals surface area contributed by atoms with Crippen molar-refractivity contribution in [3.8, 4) is 11.1 Å². The van der Waals surface area contributed by atoms with Crippen LogP contribution in [0.3, 0.4) is 0 Å². The summed E-state index contributed by atoms with van der Waals surface area (Å²) in [5.74, 6) is -0.0138. The molecule has 1 aliphatic rings. The third-order valence-corrected chi connectivity index (χ3v) is 9.76. The summed E-state index contributed by atoms with van der Waals surface area (Å²) in [5, 5.41) is 26.6. The van der Waals surface area contributed by atoms with E-state index in [9.17, 15) is 19.8 Å². The second-order valence-corrected chi connectivity index (χ2v) is 13.8. The Kier molecular flexibility index (Phi) is 14.5. The van der Waals surface area contributed by atoms with Gasteiger partial charge in [-0.15, -0.1) is 0 Å². The fourth-order valence-electron chi connectivity index (χ4n) is 6.56. The van der Waals surface area contributed by atoms with Crippen LogP contribution in [0.15, 0.2) is 103 Å². The third kappa shape index (κ3) is 11.3. The van der Waals surface area contributed by atoms with Crippen molar-refractivity contribution in [3.05, 3.63) is 131 Å². The van der Waals surface area contributed by atoms with Crippen molar-refractivity contribution in [1.29, 1.82) is 0 Å². The van der Waals surface area contributed by atoms with Crippen LogP contribution in [0.5, 0.6) is 0 Å². The fraction of sp³-hybridized carbons (Fsp3) is 0.395. The highest BCUT2D eigenvalue weighted by atomic mass is 16.7. The summed E-state index contributed by atoms with van der Waals surface area (Å²) in [6.07, 6.45) is 1.96. The molecule has 5 unspecified atom stereocenters. The van der Waals surface area contributed by atoms with Crippen molar-refractivity contribution in [2.75, 3.05) is 20.1 Å². The number of aliphatic hydroxyl groups excluding tert-OH is 2. The molecule has 4 N–H and O–H groups in total. The van der Waals surface area contributed by atoms with Crippen molar-refractivity contribution >= 4 is 11.8 Å². The Balaban J connectivity index is 1.26. The second-order valence-electron chi connectivity index (χ2n) is 13.8. The molecule has 0 aromatic heterocycles. The SMILES string of the molecule is CC(=O)NCCCCCC(=O)NCc1cccc(-c2cccc(C3OC(CN(C)C(C)C(O)c4ccccc4)CC(c4ccc(CO)cc4)O3)c2)c1. The van der Waals surface area contributed by atoms with Gasteiger partial charge in [-0.1, -0.05) is 97.4 Å². The van der Waals surface area contributed by atoms with Crippen LogP contribution in [0.25, 0.3) is 11.1 Å². The number of hydrogen-bond donors (Lipinski definition) is 4. The van der Waals surface area contributed by atoms with Gasteiger partial charge in [-0.3, -0.25) is 14.5 Å². The lowest BCUT2D eigenvalue weighted by molar-refractivity contribution is -0.253. The molecule has 0 saturated carbocycles. The normalized spacial score (nSPS) is 18.5. The molecule has 9 nitrogen and oxygen atoms in total. The number of nitrogens with one attached hydrogen (secondary N) is 2. The molecule has 0 spiro atoms. The summed E-state index contributed by atoms with van der Waals surface area (Å²) >= 11 is 0. The molecule has 5 atom stereocenters. The van der Waals surface area contributed by atoms with Crippen molar-refractivity contribution < 1.29 is 29.3 Å². The van der Waals surface area contributed by atoms with Crippen molar-refractivity contribution in [2.45, 2.75) is 89.7 Å². The summed E-state index contributed by atoms with van der Waals surface area (Å²) < 4.78 is 13.3. The maximum absolute atomic E-state index is 12.5. The van der Waals surface area contributed by atoms with Gasteiger partial charge < -0.3 is 30.3 Å². The monoisotopic (exact) mass is 707 g/mol. The first-order chi connectivity index (χ1) is 25.2. The number of aliphatic hydroxyl groups is 2. The summed E-state index contributed by atoms with van der Waals surface area (Å²) in [6.45, 7) is 5.20. The van der Waals surface area contributed by atoms with E-state index < -0.39 is 12.4 Å². The van der Waals surface area contributed by atoms with Gasteiger partial charge >= 0.3 is 0 Å². The molecule has 1 saturated heterocycles. The van der Waals surface area contributed by atoms with E-state index in [1.54, 1.807) is 0 Å². The highest BCUT2D eigenvalue weighted by Gasteiger charge is 2.34. The highest BCUT2D eigenvalue weighted by Crippen LogP contribution is 2.39. The molecule has 1 fully saturated rings. The Labute approximate surface area is 308 Å². The molecule has 2 amide bonds. The van der Waals surface area contributed by atoms with Gasteiger partial charge in [0, 0.05) is 51.0 Å². The smallest absolute Gasteiger partial charge is 0.220 e. The summed E-state index contributed by atoms with van der Waals surface area (Å²) in [4.78, 5) is 25.6. The Morgan fingerprint density at radius 3 is 2.29 bits per heavy atom. The van der Waals surface area contributed by atoms with Gasteiger partial charge in [-0.2, -0.15) is 0 Å². The average Bonchev–Trinajstić information content (AvgIpc) is 3.18. The van der Waals surface area contributed by atoms with Gasteiger partial charge in [-0.05, 0) is 72.3 Å². The zero-order valence-electron chi connectivity index (χ0n) is 30.5. The Bertz CT molecular complexity index is 1720. The first kappa shape index (κ1) is 38.8. The Morgan fingerprint density at radius 2 is 1.56 bits per heavy atom. The van der Waals surface area contributed by atoms with E-state index in [2.05, 4.69) is 39.8 Å². The summed E-state index contributed by atoms with van der Waals surface area (Å²) in [6, 6.07) is 33.8. The molecule has 5 rings (SSSR count). The lowest BCUT2D eigenvalue weighted by Gasteiger charge is -2.39. The van der Waals surface area contributed by atoms with Crippen LogP contribution in [-0.2, 0) is 32.2 Å². The number of likely N-dealkylation sites (N-methyl/N-ethyl adjacent to an activating group) is 1. The number of benzene rings is 4. The van der Waals surface area contributed by atoms with E-state index in [1.165, 1.54) is 6.92 Å². The standard InChI is InChI=1S/C43H53N3O6/c1-30(42(50)35-13-6-4-7-14-35)46(3)28-39-26-40(34-21-19-32(29-47)20-22-34)52-43(51-39)38-17-11-16-37(25-38)36-15-10-12-33(24-36)27-45-41(49)18-8-5-9-23-44-31(2)48/h4,6-7,10-17,19-22,24-25,30,39-40,42-43,47,50H,5,8-9,18,23,26-29H2,1-3H3,(H,44,48)(H,45,49). The average molecular weight is 708 g/mol. The zero-order valence-corrected chi connectivity index (χ0v) is 30.5. The van der Waals surface area contributed by atoms with Crippen LogP contribution < -0.4 is 10.6 Å². The van der Waals surface area contributed by atoms with E-state index in [0.717, 1.165) is 58.2 Å². The number of unbranched alkanes of at least 4 members (excludes halogenated alkanes) is 2. The van der Waals surface area contributed by atoms with Gasteiger partial charge in [0.05, 0.1) is 24.9 Å². The zero-order chi connectivity index (χ0) is 36.9. The van der Waals surface area contributed by atoms with Crippen molar-refractivity contribution in [1.82, 2.24) is 15.5 Å². The maximum atomic E-state index is 12.5. The quantitative estimate of drug-likeness (QED) is 0.0896. The van der Waals surface area contributed by atoms with Crippen LogP contribution in [-0.4, -0.2) is 59.2 Å². The minimum absolute atomic E-state index is 0.0169. The van der Waals surface area contributed by atoms with Crippen LogP contribution in [0.2, 0.25) is 0 Å². The first-order valence-electron chi connectivity index (χ1n) is 18.3. The minimum Gasteiger partial charge on any atom is -0.392 e. The van der Waals surface area contributed by atoms with Gasteiger partial charge in [0.25, 0.3) is 0 Å². The fourth-order valence-corrected chi connectivity index (χ4v) is 6.56. The van der Waals surface area contributed by atoms with Gasteiger partial charge in [0.1, 0.15) is 0 Å². The van der Waals surface area contributed by atoms with Crippen LogP contribution in [0.1, 0.15) is 92.3 Å². The predicted molar refractivity (Wildman–Crippen MR) is 203 cm³/mol. The second kappa shape index (κ2) is 19.5. The molecule has 1 aliphatic heterocycles. The van der Waals surface area contributed by atoms with E-state index in [-0.39, 0.29) is 36.7 Å². The van der Waals surface area contributed by atoms with Crippen molar-refractivity contribution in [2.24, 2.45) is 0 Å². The van der Waals surface area contributed by atoms with E-state index in [4.69, 9.17) is 9.47 Å². The maximum Gasteiger partial charge on any atom is 0.220 e. The molecule has 0 bridgehead atoms. The van der Waals surface area contributed by atoms with Crippen LogP contribution in [0.4, 0.5) is 0 Å². The molecule has 4 aromatic carbocycles.